The molecule has 1 rings (SSSR count). The topological polar surface area (TPSA) is 54.0 Å². The van der Waals surface area contributed by atoms with Crippen LogP contribution in [0.5, 0.6) is 0 Å². The first kappa shape index (κ1) is 13.1. The summed E-state index contributed by atoms with van der Waals surface area (Å²) in [7, 11) is 0. The van der Waals surface area contributed by atoms with Gasteiger partial charge in [-0.25, -0.2) is 4.98 Å². The van der Waals surface area contributed by atoms with Crippen LogP contribution in [-0.2, 0) is 4.79 Å². The number of aromatic nitrogens is 1. The van der Waals surface area contributed by atoms with Crippen LogP contribution in [0.25, 0.3) is 0 Å². The Balaban J connectivity index is 2.75. The highest BCUT2D eigenvalue weighted by Crippen LogP contribution is 2.19. The second-order valence-electron chi connectivity index (χ2n) is 3.95. The molecule has 0 aliphatic rings. The van der Waals surface area contributed by atoms with Crippen molar-refractivity contribution in [3.05, 3.63) is 22.9 Å². The average Bonchev–Trinajstić information content (AvgIpc) is 2.21. The predicted molar refractivity (Wildman–Crippen MR) is 68.3 cm³/mol. The van der Waals surface area contributed by atoms with Crippen molar-refractivity contribution in [1.29, 1.82) is 0 Å². The molecule has 1 aromatic rings. The number of carbonyl (C=O) groups excluding carboxylic acids is 1. The van der Waals surface area contributed by atoms with Crippen LogP contribution in [0.4, 0.5) is 5.69 Å². The van der Waals surface area contributed by atoms with Crippen molar-refractivity contribution in [2.24, 2.45) is 0 Å². The molecule has 4 nitrogen and oxygen atoms in total. The lowest BCUT2D eigenvalue weighted by atomic mass is 10.0. The standard InChI is InChI=1S/C11H16BrN3O/c1-4-14-11(2,3)10(16)15-8-6-5-7-13-9(8)12/h5-7,14H,4H2,1-3H3,(H,15,16). The fourth-order valence-electron chi connectivity index (χ4n) is 1.28. The average molecular weight is 286 g/mol. The molecule has 16 heavy (non-hydrogen) atoms. The number of likely N-dealkylation sites (N-methyl/N-ethyl adjacent to an activating group) is 1. The predicted octanol–water partition coefficient (Wildman–Crippen LogP) is 2.17. The van der Waals surface area contributed by atoms with Crippen molar-refractivity contribution in [2.75, 3.05) is 11.9 Å². The molecular weight excluding hydrogens is 270 g/mol. The lowest BCUT2D eigenvalue weighted by Crippen LogP contribution is -2.49. The Labute approximate surface area is 104 Å². The van der Waals surface area contributed by atoms with Crippen molar-refractivity contribution in [3.63, 3.8) is 0 Å². The van der Waals surface area contributed by atoms with E-state index >= 15 is 0 Å². The van der Waals surface area contributed by atoms with E-state index in [1.807, 2.05) is 20.8 Å². The lowest BCUT2D eigenvalue weighted by Gasteiger charge is -2.24. The second kappa shape index (κ2) is 5.41. The van der Waals surface area contributed by atoms with Crippen molar-refractivity contribution < 1.29 is 4.79 Å². The number of hydrogen-bond acceptors (Lipinski definition) is 3. The van der Waals surface area contributed by atoms with Gasteiger partial charge in [0, 0.05) is 6.20 Å². The summed E-state index contributed by atoms with van der Waals surface area (Å²) in [4.78, 5) is 16.0. The van der Waals surface area contributed by atoms with Gasteiger partial charge in [0.1, 0.15) is 4.60 Å². The highest BCUT2D eigenvalue weighted by molar-refractivity contribution is 9.10. The SMILES string of the molecule is CCNC(C)(C)C(=O)Nc1cccnc1Br. The summed E-state index contributed by atoms with van der Waals surface area (Å²) in [6, 6.07) is 3.58. The largest absolute Gasteiger partial charge is 0.322 e. The first-order valence-corrected chi connectivity index (χ1v) is 5.93. The Kier molecular flexibility index (Phi) is 4.44. The second-order valence-corrected chi connectivity index (χ2v) is 4.70. The van der Waals surface area contributed by atoms with Crippen LogP contribution in [0, 0.1) is 0 Å². The molecule has 0 unspecified atom stereocenters. The quantitative estimate of drug-likeness (QED) is 0.834. The third kappa shape index (κ3) is 3.28. The molecule has 0 atom stereocenters. The van der Waals surface area contributed by atoms with E-state index in [-0.39, 0.29) is 5.91 Å². The van der Waals surface area contributed by atoms with Crippen LogP contribution < -0.4 is 10.6 Å². The molecule has 0 saturated heterocycles. The molecule has 0 aromatic carbocycles. The van der Waals surface area contributed by atoms with Gasteiger partial charge in [-0.3, -0.25) is 4.79 Å². The maximum Gasteiger partial charge on any atom is 0.244 e. The number of amides is 1. The molecule has 1 aromatic heterocycles. The van der Waals surface area contributed by atoms with Gasteiger partial charge in [-0.15, -0.1) is 0 Å². The normalized spacial score (nSPS) is 11.2. The molecule has 2 N–H and O–H groups in total. The number of pyridine rings is 1. The zero-order chi connectivity index (χ0) is 12.2. The van der Waals surface area contributed by atoms with E-state index in [1.54, 1.807) is 18.3 Å². The number of hydrogen-bond donors (Lipinski definition) is 2. The third-order valence-corrected chi connectivity index (χ3v) is 2.83. The highest BCUT2D eigenvalue weighted by atomic mass is 79.9. The molecule has 0 fully saturated rings. The molecular formula is C11H16BrN3O. The first-order valence-electron chi connectivity index (χ1n) is 5.14. The van der Waals surface area contributed by atoms with Crippen LogP contribution >= 0.6 is 15.9 Å². The fraction of sp³-hybridized carbons (Fsp3) is 0.455. The zero-order valence-electron chi connectivity index (χ0n) is 9.67. The minimum atomic E-state index is -0.593. The van der Waals surface area contributed by atoms with Gasteiger partial charge < -0.3 is 10.6 Å². The molecule has 0 aliphatic carbocycles. The van der Waals surface area contributed by atoms with E-state index in [9.17, 15) is 4.79 Å². The van der Waals surface area contributed by atoms with Gasteiger partial charge in [-0.2, -0.15) is 0 Å². The molecule has 0 spiro atoms. The minimum absolute atomic E-state index is 0.0805. The molecule has 0 aliphatic heterocycles. The van der Waals surface area contributed by atoms with E-state index in [0.29, 0.717) is 10.3 Å². The highest BCUT2D eigenvalue weighted by Gasteiger charge is 2.26. The smallest absolute Gasteiger partial charge is 0.244 e. The summed E-state index contributed by atoms with van der Waals surface area (Å²) in [6.45, 7) is 6.40. The van der Waals surface area contributed by atoms with E-state index in [2.05, 4.69) is 31.5 Å². The number of rotatable bonds is 4. The summed E-state index contributed by atoms with van der Waals surface area (Å²) in [5, 5.41) is 5.94. The van der Waals surface area contributed by atoms with Crippen LogP contribution in [-0.4, -0.2) is 23.0 Å². The Morgan fingerprint density at radius 1 is 1.56 bits per heavy atom. The maximum absolute atomic E-state index is 12.0. The van der Waals surface area contributed by atoms with E-state index < -0.39 is 5.54 Å². The number of anilines is 1. The summed E-state index contributed by atoms with van der Waals surface area (Å²) < 4.78 is 0.635. The first-order chi connectivity index (χ1) is 7.47. The van der Waals surface area contributed by atoms with Gasteiger partial charge in [0.05, 0.1) is 11.2 Å². The number of carbonyl (C=O) groups is 1. The van der Waals surface area contributed by atoms with Crippen LogP contribution in [0.2, 0.25) is 0 Å². The fourth-order valence-corrected chi connectivity index (χ4v) is 1.63. The summed E-state index contributed by atoms with van der Waals surface area (Å²) in [6.07, 6.45) is 1.66. The molecule has 1 amide bonds. The van der Waals surface area contributed by atoms with Gasteiger partial charge in [-0.1, -0.05) is 6.92 Å². The monoisotopic (exact) mass is 285 g/mol. The van der Waals surface area contributed by atoms with Gasteiger partial charge in [-0.05, 0) is 48.5 Å². The lowest BCUT2D eigenvalue weighted by molar-refractivity contribution is -0.121. The van der Waals surface area contributed by atoms with Gasteiger partial charge in [0.15, 0.2) is 0 Å². The molecule has 0 bridgehead atoms. The van der Waals surface area contributed by atoms with Crippen LogP contribution in [0.15, 0.2) is 22.9 Å². The summed E-state index contributed by atoms with van der Waals surface area (Å²) in [5.74, 6) is -0.0805. The number of nitrogens with one attached hydrogen (secondary N) is 2. The van der Waals surface area contributed by atoms with Crippen molar-refractivity contribution in [2.45, 2.75) is 26.3 Å². The summed E-state index contributed by atoms with van der Waals surface area (Å²) >= 11 is 3.28. The Morgan fingerprint density at radius 3 is 2.81 bits per heavy atom. The number of halogens is 1. The maximum atomic E-state index is 12.0. The van der Waals surface area contributed by atoms with Crippen molar-refractivity contribution >= 4 is 27.5 Å². The molecule has 0 saturated carbocycles. The van der Waals surface area contributed by atoms with Crippen LogP contribution in [0.1, 0.15) is 20.8 Å². The van der Waals surface area contributed by atoms with Gasteiger partial charge in [0.25, 0.3) is 0 Å². The zero-order valence-corrected chi connectivity index (χ0v) is 11.3. The Morgan fingerprint density at radius 2 is 2.25 bits per heavy atom. The molecule has 1 heterocycles. The Hall–Kier alpha value is -0.940. The molecule has 88 valence electrons. The van der Waals surface area contributed by atoms with E-state index in [1.165, 1.54) is 0 Å². The van der Waals surface area contributed by atoms with Crippen LogP contribution in [0.3, 0.4) is 0 Å². The van der Waals surface area contributed by atoms with Gasteiger partial charge in [0.2, 0.25) is 5.91 Å². The van der Waals surface area contributed by atoms with Crippen molar-refractivity contribution in [3.8, 4) is 0 Å². The van der Waals surface area contributed by atoms with Crippen molar-refractivity contribution in [1.82, 2.24) is 10.3 Å². The minimum Gasteiger partial charge on any atom is -0.322 e. The third-order valence-electron chi connectivity index (χ3n) is 2.19. The molecule has 5 heteroatoms. The van der Waals surface area contributed by atoms with E-state index in [4.69, 9.17) is 0 Å². The molecule has 0 radical (unpaired) electrons. The Bertz CT molecular complexity index is 379. The van der Waals surface area contributed by atoms with Gasteiger partial charge >= 0.3 is 0 Å². The summed E-state index contributed by atoms with van der Waals surface area (Å²) in [5.41, 5.74) is 0.0859. The van der Waals surface area contributed by atoms with E-state index in [0.717, 1.165) is 6.54 Å². The number of nitrogens with zero attached hydrogens (tertiary/aromatic N) is 1.